The quantitative estimate of drug-likeness (QED) is 0.535. The van der Waals surface area contributed by atoms with Crippen LogP contribution in [0.5, 0.6) is 0 Å². The van der Waals surface area contributed by atoms with Crippen molar-refractivity contribution in [2.45, 2.75) is 6.92 Å². The highest BCUT2D eigenvalue weighted by Crippen LogP contribution is 1.74. The zero-order valence-electron chi connectivity index (χ0n) is 5.83. The molecule has 0 spiro atoms. The van der Waals surface area contributed by atoms with Gasteiger partial charge in [-0.1, -0.05) is 0 Å². The van der Waals surface area contributed by atoms with Crippen molar-refractivity contribution in [3.8, 4) is 0 Å². The van der Waals surface area contributed by atoms with Crippen LogP contribution in [-0.4, -0.2) is 18.7 Å². The second kappa shape index (κ2) is 22.4. The summed E-state index contributed by atoms with van der Waals surface area (Å²) in [5.74, 6) is -0.201. The highest BCUT2D eigenvalue weighted by Gasteiger charge is 1.93. The molecule has 0 aliphatic rings. The van der Waals surface area contributed by atoms with Gasteiger partial charge in [-0.3, -0.25) is 32.8 Å². The molecule has 12 heavy (non-hydrogen) atoms. The normalized spacial score (nSPS) is 5.83. The third-order valence-corrected chi connectivity index (χ3v) is 1.09. The molecule has 0 amide bonds. The van der Waals surface area contributed by atoms with Gasteiger partial charge in [0, 0.05) is 0 Å². The lowest BCUT2D eigenvalue weighted by atomic mass is 11.0. The van der Waals surface area contributed by atoms with Crippen LogP contribution in [0.1, 0.15) is 6.92 Å². The molecule has 1 N–H and O–H groups in total. The molecule has 0 atom stereocenters. The van der Waals surface area contributed by atoms with E-state index in [-0.39, 0.29) is 34.0 Å². The van der Waals surface area contributed by atoms with E-state index >= 15 is 0 Å². The Balaban J connectivity index is -0.00000000833. The van der Waals surface area contributed by atoms with E-state index in [4.69, 9.17) is 4.55 Å². The summed E-state index contributed by atoms with van der Waals surface area (Å²) in [4.78, 5) is 0. The highest BCUT2D eigenvalue weighted by atomic mass is 32.2. The predicted octanol–water partition coefficient (Wildman–Crippen LogP) is 0.809. The first kappa shape index (κ1) is 62.7. The van der Waals surface area contributed by atoms with E-state index in [0.29, 0.717) is 0 Å². The standard InChI is InChI=1S/C2H6O3S.6FH/c1-2-6(3,4)5;;;;;;/h2H2,1H3,(H,3,4,5);6*1H. The molecule has 0 rings (SSSR count). The maximum Gasteiger partial charge on any atom is 0.264 e. The largest absolute Gasteiger partial charge is 0.286 e. The first-order valence-corrected chi connectivity index (χ1v) is 3.12. The van der Waals surface area contributed by atoms with Crippen LogP contribution in [0.3, 0.4) is 0 Å². The van der Waals surface area contributed by atoms with Gasteiger partial charge in [-0.25, -0.2) is 0 Å². The van der Waals surface area contributed by atoms with Gasteiger partial charge < -0.3 is 0 Å². The minimum absolute atomic E-state index is 0. The van der Waals surface area contributed by atoms with Crippen LogP contribution in [0.25, 0.3) is 0 Å². The fourth-order valence-corrected chi connectivity index (χ4v) is 0. The Kier molecular flexibility index (Phi) is 117. The summed E-state index contributed by atoms with van der Waals surface area (Å²) in [6.45, 7) is 1.37. The van der Waals surface area contributed by atoms with Gasteiger partial charge in [0.25, 0.3) is 10.1 Å². The monoisotopic (exact) mass is 230 g/mol. The average molecular weight is 230 g/mol. The van der Waals surface area contributed by atoms with Crippen molar-refractivity contribution in [1.82, 2.24) is 0 Å². The Hall–Kier alpha value is -0.510. The van der Waals surface area contributed by atoms with Gasteiger partial charge in [0.2, 0.25) is 0 Å². The smallest absolute Gasteiger partial charge is 0.264 e. The highest BCUT2D eigenvalue weighted by molar-refractivity contribution is 7.85. The molecule has 0 radical (unpaired) electrons. The molecule has 0 saturated heterocycles. The minimum Gasteiger partial charge on any atom is -0.286 e. The Labute approximate surface area is 65.1 Å². The molecule has 86 valence electrons. The van der Waals surface area contributed by atoms with Crippen molar-refractivity contribution >= 4 is 10.1 Å². The van der Waals surface area contributed by atoms with Crippen LogP contribution in [0.2, 0.25) is 0 Å². The summed E-state index contributed by atoms with van der Waals surface area (Å²) < 4.78 is 26.9. The van der Waals surface area contributed by atoms with E-state index < -0.39 is 10.1 Å². The molecule has 3 nitrogen and oxygen atoms in total. The van der Waals surface area contributed by atoms with Gasteiger partial charge in [-0.15, -0.1) is 0 Å². The number of hydrogen-bond donors (Lipinski definition) is 1. The zero-order valence-corrected chi connectivity index (χ0v) is 6.65. The molecule has 0 aromatic carbocycles. The second-order valence-electron chi connectivity index (χ2n) is 0.871. The lowest BCUT2D eigenvalue weighted by Gasteiger charge is -1.79. The summed E-state index contributed by atoms with van der Waals surface area (Å²) >= 11 is 0. The molecule has 10 heteroatoms. The summed E-state index contributed by atoms with van der Waals surface area (Å²) in [5.41, 5.74) is 0. The topological polar surface area (TPSA) is 54.4 Å². The summed E-state index contributed by atoms with van der Waals surface area (Å²) in [7, 11) is -3.66. The molecule has 0 aromatic heterocycles. The maximum absolute atomic E-state index is 9.56. The molecule has 0 aliphatic carbocycles. The average Bonchev–Trinajstić information content (AvgIpc) is 1.35. The van der Waals surface area contributed by atoms with Crippen LogP contribution in [0.15, 0.2) is 0 Å². The van der Waals surface area contributed by atoms with Crippen LogP contribution in [0, 0.1) is 0 Å². The predicted molar refractivity (Wildman–Crippen MR) is 37.1 cm³/mol. The van der Waals surface area contributed by atoms with Crippen molar-refractivity contribution in [3.05, 3.63) is 0 Å². The number of halogens is 6. The van der Waals surface area contributed by atoms with Crippen LogP contribution in [0.4, 0.5) is 28.2 Å². The molecule has 0 aromatic rings. The van der Waals surface area contributed by atoms with Crippen molar-refractivity contribution < 1.29 is 41.2 Å². The van der Waals surface area contributed by atoms with Gasteiger partial charge in [-0.2, -0.15) is 8.42 Å². The van der Waals surface area contributed by atoms with E-state index in [9.17, 15) is 8.42 Å². The molecule has 0 aliphatic heterocycles. The zero-order chi connectivity index (χ0) is 5.21. The van der Waals surface area contributed by atoms with Gasteiger partial charge >= 0.3 is 0 Å². The summed E-state index contributed by atoms with van der Waals surface area (Å²) in [6.07, 6.45) is 0. The number of rotatable bonds is 1. The van der Waals surface area contributed by atoms with Crippen LogP contribution < -0.4 is 0 Å². The van der Waals surface area contributed by atoms with E-state index in [2.05, 4.69) is 0 Å². The Bertz CT molecular complexity index is 123. The van der Waals surface area contributed by atoms with Gasteiger partial charge in [0.05, 0.1) is 5.75 Å². The maximum atomic E-state index is 9.56. The lowest BCUT2D eigenvalue weighted by Crippen LogP contribution is -1.97. The first-order valence-electron chi connectivity index (χ1n) is 1.51. The van der Waals surface area contributed by atoms with E-state index in [1.807, 2.05) is 0 Å². The minimum atomic E-state index is -3.66. The Morgan fingerprint density at radius 1 is 0.917 bits per heavy atom. The molecule has 0 unspecified atom stereocenters. The lowest BCUT2D eigenvalue weighted by molar-refractivity contribution is 0.484. The van der Waals surface area contributed by atoms with Crippen molar-refractivity contribution in [2.24, 2.45) is 0 Å². The summed E-state index contributed by atoms with van der Waals surface area (Å²) in [6, 6.07) is 0. The fraction of sp³-hybridized carbons (Fsp3) is 1.00. The van der Waals surface area contributed by atoms with Crippen molar-refractivity contribution in [1.29, 1.82) is 0 Å². The fourth-order valence-electron chi connectivity index (χ4n) is 0. The third-order valence-electron chi connectivity index (χ3n) is 0.365. The van der Waals surface area contributed by atoms with Crippen molar-refractivity contribution in [3.63, 3.8) is 0 Å². The Morgan fingerprint density at radius 3 is 1.00 bits per heavy atom. The van der Waals surface area contributed by atoms with Gasteiger partial charge in [0.1, 0.15) is 0 Å². The van der Waals surface area contributed by atoms with E-state index in [1.165, 1.54) is 6.92 Å². The van der Waals surface area contributed by atoms with Crippen LogP contribution >= 0.6 is 0 Å². The SMILES string of the molecule is CCS(=O)(=O)O.F.F.F.F.F.F. The molecule has 0 heterocycles. The Morgan fingerprint density at radius 2 is 1.00 bits per heavy atom. The number of hydrogen-bond acceptors (Lipinski definition) is 2. The molecule has 0 saturated carbocycles. The molecular formula is C2H12F6O3S. The van der Waals surface area contributed by atoms with Crippen molar-refractivity contribution in [2.75, 3.05) is 5.75 Å². The van der Waals surface area contributed by atoms with Gasteiger partial charge in [-0.05, 0) is 6.92 Å². The van der Waals surface area contributed by atoms with E-state index in [0.717, 1.165) is 0 Å². The molecule has 0 bridgehead atoms. The van der Waals surface area contributed by atoms with E-state index in [1.54, 1.807) is 0 Å². The van der Waals surface area contributed by atoms with Crippen LogP contribution in [-0.2, 0) is 10.1 Å². The summed E-state index contributed by atoms with van der Waals surface area (Å²) in [5, 5.41) is 0. The van der Waals surface area contributed by atoms with Gasteiger partial charge in [0.15, 0.2) is 0 Å². The molecule has 0 fully saturated rings. The first-order chi connectivity index (χ1) is 2.56. The second-order valence-corrected chi connectivity index (χ2v) is 2.61. The molecular weight excluding hydrogens is 218 g/mol. The third kappa shape index (κ3) is 110.